The van der Waals surface area contributed by atoms with Gasteiger partial charge in [-0.05, 0) is 73.7 Å². The van der Waals surface area contributed by atoms with Gasteiger partial charge < -0.3 is 24.4 Å². The van der Waals surface area contributed by atoms with Crippen molar-refractivity contribution in [1.82, 2.24) is 14.5 Å². The highest BCUT2D eigenvalue weighted by atomic mass is 32.2. The van der Waals surface area contributed by atoms with E-state index in [0.29, 0.717) is 19.4 Å². The zero-order chi connectivity index (χ0) is 24.1. The molecule has 2 N–H and O–H groups in total. The van der Waals surface area contributed by atoms with E-state index < -0.39 is 18.0 Å². The fraction of sp³-hybridized carbons (Fsp3) is 0.462. The lowest BCUT2D eigenvalue weighted by atomic mass is 9.81. The molecule has 0 radical (unpaired) electrons. The van der Waals surface area contributed by atoms with Crippen molar-refractivity contribution in [2.75, 3.05) is 32.5 Å². The van der Waals surface area contributed by atoms with Gasteiger partial charge in [0.25, 0.3) is 0 Å². The molecule has 3 heterocycles. The number of rotatable bonds is 10. The summed E-state index contributed by atoms with van der Waals surface area (Å²) in [5.74, 6) is 0.573. The summed E-state index contributed by atoms with van der Waals surface area (Å²) in [4.78, 5) is 18.7. The van der Waals surface area contributed by atoms with Gasteiger partial charge in [-0.1, -0.05) is 0 Å². The minimum absolute atomic E-state index is 0.0616. The first-order valence-electron chi connectivity index (χ1n) is 11.8. The largest absolute Gasteiger partial charge is 0.497 e. The normalized spacial score (nSPS) is 19.9. The van der Waals surface area contributed by atoms with Gasteiger partial charge in [0.15, 0.2) is 0 Å². The summed E-state index contributed by atoms with van der Waals surface area (Å²) in [6.45, 7) is 2.34. The van der Waals surface area contributed by atoms with Crippen LogP contribution >= 0.6 is 11.8 Å². The Kier molecular flexibility index (Phi) is 8.13. The SMILES string of the molecule is COc1ccc2nccc(C(O)CC[C@@H]3CCN(CCSc4cccn4C)C[C@@H]3C(=O)O)c2c1. The van der Waals surface area contributed by atoms with Crippen molar-refractivity contribution in [3.8, 4) is 5.75 Å². The summed E-state index contributed by atoms with van der Waals surface area (Å²) in [5, 5.41) is 23.0. The molecule has 0 saturated carbocycles. The van der Waals surface area contributed by atoms with Crippen LogP contribution in [-0.2, 0) is 11.8 Å². The number of piperidine rings is 1. The quantitative estimate of drug-likeness (QED) is 0.418. The average Bonchev–Trinajstić information content (AvgIpc) is 3.26. The van der Waals surface area contributed by atoms with Crippen LogP contribution in [0.3, 0.4) is 0 Å². The second kappa shape index (κ2) is 11.3. The number of hydrogen-bond donors (Lipinski definition) is 2. The fourth-order valence-electron chi connectivity index (χ4n) is 4.86. The smallest absolute Gasteiger partial charge is 0.308 e. The zero-order valence-electron chi connectivity index (χ0n) is 19.8. The molecule has 2 aromatic heterocycles. The zero-order valence-corrected chi connectivity index (χ0v) is 20.6. The molecule has 34 heavy (non-hydrogen) atoms. The summed E-state index contributed by atoms with van der Waals surface area (Å²) in [7, 11) is 3.65. The number of hydrogen-bond acceptors (Lipinski definition) is 6. The first-order chi connectivity index (χ1) is 16.5. The number of pyridine rings is 1. The Morgan fingerprint density at radius 2 is 2.18 bits per heavy atom. The lowest BCUT2D eigenvalue weighted by molar-refractivity contribution is -0.146. The average molecular weight is 484 g/mol. The van der Waals surface area contributed by atoms with Crippen molar-refractivity contribution in [1.29, 1.82) is 0 Å². The summed E-state index contributed by atoms with van der Waals surface area (Å²) < 4.78 is 7.44. The number of aliphatic hydroxyl groups excluding tert-OH is 1. The molecular weight excluding hydrogens is 450 g/mol. The number of ether oxygens (including phenoxy) is 1. The molecule has 4 rings (SSSR count). The molecule has 1 aliphatic heterocycles. The monoisotopic (exact) mass is 483 g/mol. The van der Waals surface area contributed by atoms with Crippen LogP contribution < -0.4 is 4.74 Å². The van der Waals surface area contributed by atoms with Crippen molar-refractivity contribution in [3.05, 3.63) is 54.4 Å². The number of aliphatic carboxylic acids is 1. The van der Waals surface area contributed by atoms with E-state index in [1.54, 1.807) is 25.1 Å². The van der Waals surface area contributed by atoms with Crippen LogP contribution in [-0.4, -0.2) is 63.1 Å². The van der Waals surface area contributed by atoms with E-state index in [-0.39, 0.29) is 5.92 Å². The molecule has 1 unspecified atom stereocenters. The van der Waals surface area contributed by atoms with Gasteiger partial charge >= 0.3 is 5.97 Å². The van der Waals surface area contributed by atoms with Crippen molar-refractivity contribution < 1.29 is 19.7 Å². The number of methoxy groups -OCH3 is 1. The fourth-order valence-corrected chi connectivity index (χ4v) is 5.86. The van der Waals surface area contributed by atoms with E-state index in [1.807, 2.05) is 43.6 Å². The highest BCUT2D eigenvalue weighted by molar-refractivity contribution is 7.99. The predicted molar refractivity (Wildman–Crippen MR) is 134 cm³/mol. The number of benzene rings is 1. The molecule has 1 aromatic carbocycles. The summed E-state index contributed by atoms with van der Waals surface area (Å²) in [6.07, 6.45) is 5.11. The Bertz CT molecular complexity index is 1120. The van der Waals surface area contributed by atoms with Crippen molar-refractivity contribution in [3.63, 3.8) is 0 Å². The third-order valence-corrected chi connectivity index (χ3v) is 7.97. The van der Waals surface area contributed by atoms with Crippen LogP contribution in [0.4, 0.5) is 0 Å². The van der Waals surface area contributed by atoms with E-state index in [1.165, 1.54) is 5.03 Å². The molecule has 182 valence electrons. The molecular formula is C26H33N3O4S. The van der Waals surface area contributed by atoms with Crippen molar-refractivity contribution in [2.45, 2.75) is 30.4 Å². The third-order valence-electron chi connectivity index (χ3n) is 6.86. The van der Waals surface area contributed by atoms with E-state index in [4.69, 9.17) is 4.74 Å². The summed E-state index contributed by atoms with van der Waals surface area (Å²) >= 11 is 1.80. The Morgan fingerprint density at radius 3 is 2.91 bits per heavy atom. The number of carbonyl (C=O) groups is 1. The van der Waals surface area contributed by atoms with Gasteiger partial charge in [0.05, 0.1) is 29.7 Å². The van der Waals surface area contributed by atoms with E-state index in [0.717, 1.165) is 47.5 Å². The van der Waals surface area contributed by atoms with Gasteiger partial charge in [-0.25, -0.2) is 0 Å². The third kappa shape index (κ3) is 5.74. The number of likely N-dealkylation sites (tertiary alicyclic amines) is 1. The Hall–Kier alpha value is -2.55. The molecule has 3 atom stereocenters. The second-order valence-electron chi connectivity index (χ2n) is 8.98. The number of aromatic nitrogens is 2. The predicted octanol–water partition coefficient (Wildman–Crippen LogP) is 4.21. The Labute approximate surface area is 204 Å². The summed E-state index contributed by atoms with van der Waals surface area (Å²) in [5.41, 5.74) is 1.62. The molecule has 0 amide bonds. The minimum Gasteiger partial charge on any atom is -0.497 e. The van der Waals surface area contributed by atoms with Gasteiger partial charge in [-0.15, -0.1) is 11.8 Å². The van der Waals surface area contributed by atoms with Gasteiger partial charge in [0, 0.05) is 43.7 Å². The number of carboxylic acid groups (broad SMARTS) is 1. The molecule has 3 aromatic rings. The molecule has 7 nitrogen and oxygen atoms in total. The maximum atomic E-state index is 12.1. The van der Waals surface area contributed by atoms with Gasteiger partial charge in [0.2, 0.25) is 0 Å². The maximum absolute atomic E-state index is 12.1. The summed E-state index contributed by atoms with van der Waals surface area (Å²) in [6, 6.07) is 11.6. The minimum atomic E-state index is -0.738. The molecule has 8 heteroatoms. The maximum Gasteiger partial charge on any atom is 0.308 e. The molecule has 1 saturated heterocycles. The number of fused-ring (bicyclic) bond motifs is 1. The number of nitrogens with zero attached hydrogens (tertiary/aromatic N) is 3. The first-order valence-corrected chi connectivity index (χ1v) is 12.7. The Balaban J connectivity index is 1.34. The van der Waals surface area contributed by atoms with Crippen molar-refractivity contribution in [2.24, 2.45) is 18.9 Å². The standard InChI is InChI=1S/C26H33N3O4S/c1-28-12-3-4-25(28)34-15-14-29-13-10-18(22(17-29)26(31)32)5-8-24(30)20-9-11-27-23-7-6-19(33-2)16-21(20)23/h3-4,6-7,9,11-12,16,18,22,24,30H,5,8,10,13-15,17H2,1-2H3,(H,31,32)/t18-,22+,24?/m1/s1. The molecule has 1 aliphatic rings. The van der Waals surface area contributed by atoms with Crippen LogP contribution in [0, 0.1) is 11.8 Å². The second-order valence-corrected chi connectivity index (χ2v) is 10.1. The highest BCUT2D eigenvalue weighted by Crippen LogP contribution is 2.34. The van der Waals surface area contributed by atoms with Gasteiger partial charge in [0.1, 0.15) is 5.75 Å². The molecule has 0 bridgehead atoms. The first kappa shape index (κ1) is 24.6. The topological polar surface area (TPSA) is 87.8 Å². The van der Waals surface area contributed by atoms with Crippen LogP contribution in [0.25, 0.3) is 10.9 Å². The van der Waals surface area contributed by atoms with E-state index in [2.05, 4.69) is 20.5 Å². The van der Waals surface area contributed by atoms with Crippen LogP contribution in [0.5, 0.6) is 5.75 Å². The van der Waals surface area contributed by atoms with Crippen LogP contribution in [0.1, 0.15) is 30.9 Å². The van der Waals surface area contributed by atoms with Crippen LogP contribution in [0.15, 0.2) is 53.8 Å². The van der Waals surface area contributed by atoms with E-state index in [9.17, 15) is 15.0 Å². The number of carboxylic acids is 1. The van der Waals surface area contributed by atoms with E-state index >= 15 is 0 Å². The number of thioether (sulfide) groups is 1. The van der Waals surface area contributed by atoms with Crippen molar-refractivity contribution >= 4 is 28.6 Å². The lowest BCUT2D eigenvalue weighted by Gasteiger charge is -2.37. The van der Waals surface area contributed by atoms with Gasteiger partial charge in [-0.2, -0.15) is 0 Å². The molecule has 1 fully saturated rings. The lowest BCUT2D eigenvalue weighted by Crippen LogP contribution is -2.44. The number of aryl methyl sites for hydroxylation is 1. The van der Waals surface area contributed by atoms with Gasteiger partial charge in [-0.3, -0.25) is 9.78 Å². The highest BCUT2D eigenvalue weighted by Gasteiger charge is 2.34. The molecule has 0 aliphatic carbocycles. The van der Waals surface area contributed by atoms with Crippen LogP contribution in [0.2, 0.25) is 0 Å². The number of aliphatic hydroxyl groups is 1. The molecule has 0 spiro atoms. The Morgan fingerprint density at radius 1 is 1.32 bits per heavy atom.